The van der Waals surface area contributed by atoms with Gasteiger partial charge in [0.05, 0.1) is 26.4 Å². The summed E-state index contributed by atoms with van der Waals surface area (Å²) in [6, 6.07) is 0. The summed E-state index contributed by atoms with van der Waals surface area (Å²) in [7, 11) is -9.93. The number of phosphoric ester groups is 2. The largest absolute Gasteiger partial charge is 0.472 e. The van der Waals surface area contributed by atoms with Crippen LogP contribution in [0.5, 0.6) is 0 Å². The normalized spacial score (nSPS) is 14.0. The Morgan fingerprint density at radius 3 is 0.608 bits per heavy atom. The van der Waals surface area contributed by atoms with Gasteiger partial charge in [-0.1, -0.05) is 376 Å². The maximum Gasteiger partial charge on any atom is 0.472 e. The van der Waals surface area contributed by atoms with Crippen molar-refractivity contribution in [2.75, 3.05) is 39.6 Å². The third-order valence-electron chi connectivity index (χ3n) is 19.3. The van der Waals surface area contributed by atoms with Gasteiger partial charge in [0.2, 0.25) is 0 Å². The van der Waals surface area contributed by atoms with E-state index in [9.17, 15) is 43.2 Å². The molecule has 0 aromatic rings. The number of aliphatic hydroxyl groups excluding tert-OH is 1. The molecule has 102 heavy (non-hydrogen) atoms. The van der Waals surface area contributed by atoms with Gasteiger partial charge in [-0.15, -0.1) is 0 Å². The lowest BCUT2D eigenvalue weighted by molar-refractivity contribution is -0.161. The molecule has 606 valence electrons. The number of aliphatic hydroxyl groups is 1. The minimum atomic E-state index is -4.96. The number of carbonyl (C=O) groups is 4. The summed E-state index contributed by atoms with van der Waals surface area (Å²) in [6.07, 6.45) is 59.6. The van der Waals surface area contributed by atoms with Crippen LogP contribution in [0, 0.1) is 23.7 Å². The van der Waals surface area contributed by atoms with E-state index in [0.29, 0.717) is 25.7 Å². The summed E-state index contributed by atoms with van der Waals surface area (Å²) in [5, 5.41) is 10.7. The van der Waals surface area contributed by atoms with Crippen LogP contribution in [0.15, 0.2) is 0 Å². The number of hydrogen-bond acceptors (Lipinski definition) is 15. The van der Waals surface area contributed by atoms with Crippen molar-refractivity contribution in [3.63, 3.8) is 0 Å². The number of unbranched alkanes of at least 4 members (excludes halogenated alkanes) is 46. The molecule has 0 aromatic heterocycles. The Kier molecular flexibility index (Phi) is 70.6. The second-order valence-electron chi connectivity index (χ2n) is 31.8. The number of ether oxygens (including phenoxy) is 4. The van der Waals surface area contributed by atoms with E-state index in [-0.39, 0.29) is 25.7 Å². The van der Waals surface area contributed by atoms with Gasteiger partial charge < -0.3 is 33.8 Å². The molecule has 19 heteroatoms. The molecule has 0 saturated heterocycles. The average molecular weight is 1490 g/mol. The van der Waals surface area contributed by atoms with Crippen LogP contribution < -0.4 is 0 Å². The molecule has 0 saturated carbocycles. The molecule has 0 aromatic carbocycles. The Morgan fingerprint density at radius 1 is 0.245 bits per heavy atom. The van der Waals surface area contributed by atoms with Crippen molar-refractivity contribution in [1.82, 2.24) is 0 Å². The second-order valence-corrected chi connectivity index (χ2v) is 34.7. The molecule has 0 fully saturated rings. The van der Waals surface area contributed by atoms with Gasteiger partial charge in [0.25, 0.3) is 0 Å². The number of phosphoric acid groups is 2. The highest BCUT2D eigenvalue weighted by atomic mass is 31.2. The lowest BCUT2D eigenvalue weighted by atomic mass is 10.0. The number of rotatable bonds is 80. The van der Waals surface area contributed by atoms with Crippen LogP contribution in [0.1, 0.15) is 428 Å². The molecule has 0 spiro atoms. The van der Waals surface area contributed by atoms with Gasteiger partial charge in [0, 0.05) is 25.7 Å². The van der Waals surface area contributed by atoms with Crippen molar-refractivity contribution in [3.05, 3.63) is 0 Å². The zero-order valence-electron chi connectivity index (χ0n) is 67.2. The molecule has 0 aliphatic rings. The fourth-order valence-electron chi connectivity index (χ4n) is 12.8. The highest BCUT2D eigenvalue weighted by molar-refractivity contribution is 7.47. The van der Waals surface area contributed by atoms with Gasteiger partial charge in [-0.2, -0.15) is 0 Å². The Labute approximate surface area is 626 Å². The van der Waals surface area contributed by atoms with E-state index in [0.717, 1.165) is 114 Å². The summed E-state index contributed by atoms with van der Waals surface area (Å²) in [5.74, 6) is 1.01. The summed E-state index contributed by atoms with van der Waals surface area (Å²) >= 11 is 0. The second kappa shape index (κ2) is 72.0. The van der Waals surface area contributed by atoms with Crippen LogP contribution in [0.2, 0.25) is 0 Å². The molecule has 2 unspecified atom stereocenters. The topological polar surface area (TPSA) is 237 Å². The number of esters is 4. The number of carbonyl (C=O) groups excluding carboxylic acids is 4. The summed E-state index contributed by atoms with van der Waals surface area (Å²) in [6.45, 7) is 14.3. The quantitative estimate of drug-likeness (QED) is 0.0222. The van der Waals surface area contributed by atoms with Gasteiger partial charge in [-0.3, -0.25) is 37.3 Å². The van der Waals surface area contributed by atoms with Crippen molar-refractivity contribution in [2.24, 2.45) is 23.7 Å². The van der Waals surface area contributed by atoms with Crippen LogP contribution in [0.25, 0.3) is 0 Å². The van der Waals surface area contributed by atoms with E-state index in [1.54, 1.807) is 0 Å². The van der Waals surface area contributed by atoms with E-state index < -0.39 is 97.5 Å². The lowest BCUT2D eigenvalue weighted by Crippen LogP contribution is -2.30. The highest BCUT2D eigenvalue weighted by Gasteiger charge is 2.30. The van der Waals surface area contributed by atoms with E-state index in [4.69, 9.17) is 37.0 Å². The zero-order chi connectivity index (χ0) is 75.3. The first-order chi connectivity index (χ1) is 49.1. The van der Waals surface area contributed by atoms with Gasteiger partial charge in [-0.05, 0) is 49.4 Å². The molecule has 0 radical (unpaired) electrons. The summed E-state index contributed by atoms with van der Waals surface area (Å²) in [4.78, 5) is 73.1. The van der Waals surface area contributed by atoms with Crippen LogP contribution >= 0.6 is 15.6 Å². The van der Waals surface area contributed by atoms with Gasteiger partial charge >= 0.3 is 39.5 Å². The average Bonchev–Trinajstić information content (AvgIpc) is 0.905. The fraction of sp³-hybridized carbons (Fsp3) is 0.952. The first-order valence-electron chi connectivity index (χ1n) is 42.7. The summed E-state index contributed by atoms with van der Waals surface area (Å²) in [5.41, 5.74) is 0. The predicted molar refractivity (Wildman–Crippen MR) is 418 cm³/mol. The Morgan fingerprint density at radius 2 is 0.412 bits per heavy atom. The van der Waals surface area contributed by atoms with E-state index in [1.807, 2.05) is 0 Å². The standard InChI is InChI=1S/C83H162O17P2/c1-73(2)59-51-43-35-27-19-15-11-9-13-17-21-31-39-47-55-63-80(85)93-69-78(99-82(87)65-57-49-41-33-22-18-14-10-12-16-20-28-36-44-52-60-74(3)4)71-97-101(89,90)95-67-77(84)68-96-102(91,92)98-72-79(100-83(88)66-58-50-42-34-26-24-30-38-46-54-62-76(7)8)70-94-81(86)64-56-48-40-32-25-23-29-37-45-53-61-75(5)6/h73-79,84H,9-72H2,1-8H3,(H,89,90)(H,91,92)/t77-,78-,79-/m1/s1. The van der Waals surface area contributed by atoms with Crippen molar-refractivity contribution in [3.8, 4) is 0 Å². The van der Waals surface area contributed by atoms with Gasteiger partial charge in [0.15, 0.2) is 12.2 Å². The van der Waals surface area contributed by atoms with E-state index >= 15 is 0 Å². The Hall–Kier alpha value is -1.94. The molecule has 0 aliphatic carbocycles. The highest BCUT2D eigenvalue weighted by Crippen LogP contribution is 2.45. The third-order valence-corrected chi connectivity index (χ3v) is 21.2. The first kappa shape index (κ1) is 100. The van der Waals surface area contributed by atoms with Crippen molar-refractivity contribution in [2.45, 2.75) is 446 Å². The van der Waals surface area contributed by atoms with Crippen LogP contribution in [-0.2, 0) is 65.4 Å². The monoisotopic (exact) mass is 1490 g/mol. The van der Waals surface area contributed by atoms with Crippen molar-refractivity contribution in [1.29, 1.82) is 0 Å². The minimum Gasteiger partial charge on any atom is -0.462 e. The zero-order valence-corrected chi connectivity index (χ0v) is 69.0. The summed E-state index contributed by atoms with van der Waals surface area (Å²) < 4.78 is 68.8. The third kappa shape index (κ3) is 76.3. The lowest BCUT2D eigenvalue weighted by Gasteiger charge is -2.21. The van der Waals surface area contributed by atoms with Crippen molar-refractivity contribution < 1.29 is 80.2 Å². The van der Waals surface area contributed by atoms with E-state index in [1.165, 1.54) is 231 Å². The molecule has 17 nitrogen and oxygen atoms in total. The Balaban J connectivity index is 5.26. The molecular formula is C83H162O17P2. The van der Waals surface area contributed by atoms with Crippen LogP contribution in [0.4, 0.5) is 0 Å². The number of hydrogen-bond donors (Lipinski definition) is 3. The first-order valence-corrected chi connectivity index (χ1v) is 45.7. The molecule has 3 N–H and O–H groups in total. The molecule has 0 amide bonds. The molecular weight excluding hydrogens is 1330 g/mol. The van der Waals surface area contributed by atoms with Crippen molar-refractivity contribution >= 4 is 39.5 Å². The molecule has 0 heterocycles. The Bertz CT molecular complexity index is 1990. The van der Waals surface area contributed by atoms with Gasteiger partial charge in [0.1, 0.15) is 19.3 Å². The van der Waals surface area contributed by atoms with Crippen LogP contribution in [0.3, 0.4) is 0 Å². The molecule has 0 bridgehead atoms. The maximum absolute atomic E-state index is 13.1. The molecule has 0 rings (SSSR count). The van der Waals surface area contributed by atoms with Gasteiger partial charge in [-0.25, -0.2) is 9.13 Å². The smallest absolute Gasteiger partial charge is 0.462 e. The minimum absolute atomic E-state index is 0.106. The maximum atomic E-state index is 13.1. The SMILES string of the molecule is CC(C)CCCCCCCCCCCCCCCCCC(=O)OC[C@H](COP(=O)(O)OC[C@@H](O)COP(=O)(O)OC[C@@H](COC(=O)CCCCCCCCCCCCC(C)C)OC(=O)CCCCCCCCCCCCC(C)C)OC(=O)CCCCCCCCCCCCCCCCCC(C)C. The van der Waals surface area contributed by atoms with Crippen LogP contribution in [-0.4, -0.2) is 96.7 Å². The fourth-order valence-corrected chi connectivity index (χ4v) is 14.4. The van der Waals surface area contributed by atoms with E-state index in [2.05, 4.69) is 55.4 Å². The predicted octanol–water partition coefficient (Wildman–Crippen LogP) is 24.8. The molecule has 5 atom stereocenters. The molecule has 0 aliphatic heterocycles.